The van der Waals surface area contributed by atoms with E-state index in [0.29, 0.717) is 5.70 Å². The van der Waals surface area contributed by atoms with Gasteiger partial charge in [0.25, 0.3) is 0 Å². The molecule has 2 aliphatic heterocycles. The summed E-state index contributed by atoms with van der Waals surface area (Å²) in [5, 5.41) is 21.5. The lowest BCUT2D eigenvalue weighted by Crippen LogP contribution is -2.43. The largest absolute Gasteiger partial charge is 0.394 e. The van der Waals surface area contributed by atoms with Crippen LogP contribution < -0.4 is 11.1 Å². The van der Waals surface area contributed by atoms with Crippen molar-refractivity contribution in [3.05, 3.63) is 11.5 Å². The van der Waals surface area contributed by atoms with Gasteiger partial charge in [-0.3, -0.25) is 9.89 Å². The van der Waals surface area contributed by atoms with Gasteiger partial charge in [0.05, 0.1) is 25.0 Å². The normalized spacial score (nSPS) is 30.1. The maximum absolute atomic E-state index is 11.9. The van der Waals surface area contributed by atoms with Crippen LogP contribution in [0, 0.1) is 0 Å². The van der Waals surface area contributed by atoms with Gasteiger partial charge in [0.1, 0.15) is 18.3 Å². The summed E-state index contributed by atoms with van der Waals surface area (Å²) in [6.45, 7) is 7.16. The van der Waals surface area contributed by atoms with Gasteiger partial charge in [0.15, 0.2) is 6.23 Å². The van der Waals surface area contributed by atoms with Gasteiger partial charge in [0, 0.05) is 6.42 Å². The zero-order chi connectivity index (χ0) is 16.7. The molecule has 0 aromatic heterocycles. The number of amides is 2. The van der Waals surface area contributed by atoms with E-state index < -0.39 is 24.5 Å². The fourth-order valence-electron chi connectivity index (χ4n) is 2.14. The maximum atomic E-state index is 11.9. The highest BCUT2D eigenvalue weighted by Crippen LogP contribution is 2.26. The topological polar surface area (TPSA) is 133 Å². The molecule has 2 aliphatic rings. The number of nitrogens with two attached hydrogens (primary N) is 1. The van der Waals surface area contributed by atoms with Crippen molar-refractivity contribution in [1.29, 1.82) is 0 Å². The van der Waals surface area contributed by atoms with E-state index in [4.69, 9.17) is 15.6 Å². The molecule has 2 unspecified atom stereocenters. The Hall–Kier alpha value is -1.97. The second-order valence-corrected chi connectivity index (χ2v) is 4.48. The Kier molecular flexibility index (Phi) is 6.96. The number of nitrogens with zero attached hydrogens (tertiary/aromatic N) is 3. The maximum Gasteiger partial charge on any atom is 0.324 e. The lowest BCUT2D eigenvalue weighted by atomic mass is 10.2. The third-order valence-electron chi connectivity index (χ3n) is 3.11. The molecule has 0 spiro atoms. The first kappa shape index (κ1) is 18.1. The summed E-state index contributed by atoms with van der Waals surface area (Å²) >= 11 is 0. The van der Waals surface area contributed by atoms with Crippen LogP contribution in [0.15, 0.2) is 21.5 Å². The van der Waals surface area contributed by atoms with Crippen LogP contribution in [0.4, 0.5) is 4.79 Å². The number of carbonyl (C=O) groups excluding carboxylic acids is 1. The van der Waals surface area contributed by atoms with E-state index in [2.05, 4.69) is 22.0 Å². The Morgan fingerprint density at radius 2 is 2.32 bits per heavy atom. The Morgan fingerprint density at radius 3 is 2.86 bits per heavy atom. The fraction of sp³-hybridized carbons (Fsp3) is 0.615. The lowest BCUT2D eigenvalue weighted by Gasteiger charge is -2.24. The molecule has 2 rings (SSSR count). The molecule has 0 aromatic carbocycles. The summed E-state index contributed by atoms with van der Waals surface area (Å²) < 4.78 is 5.42. The number of hydrogen-bond donors (Lipinski definition) is 4. The number of aliphatic hydroxyl groups excluding tert-OH is 2. The third-order valence-corrected chi connectivity index (χ3v) is 3.11. The van der Waals surface area contributed by atoms with E-state index >= 15 is 0 Å². The lowest BCUT2D eigenvalue weighted by molar-refractivity contribution is -0.0720. The predicted octanol–water partition coefficient (Wildman–Crippen LogP) is -0.637. The third kappa shape index (κ3) is 4.03. The van der Waals surface area contributed by atoms with E-state index in [1.807, 2.05) is 13.8 Å². The van der Waals surface area contributed by atoms with E-state index in [-0.39, 0.29) is 25.4 Å². The number of aliphatic imine (C=N–C) groups is 2. The highest BCUT2D eigenvalue weighted by molar-refractivity contribution is 5.80. The summed E-state index contributed by atoms with van der Waals surface area (Å²) in [5.41, 5.74) is 6.09. The number of carbonyl (C=O) groups is 1. The molecule has 0 bridgehead atoms. The van der Waals surface area contributed by atoms with Gasteiger partial charge in [-0.2, -0.15) is 0 Å². The van der Waals surface area contributed by atoms with Crippen LogP contribution in [0.3, 0.4) is 0 Å². The van der Waals surface area contributed by atoms with Crippen LogP contribution in [0.2, 0.25) is 0 Å². The summed E-state index contributed by atoms with van der Waals surface area (Å²) in [7, 11) is 0. The molecule has 9 heteroatoms. The molecule has 22 heavy (non-hydrogen) atoms. The van der Waals surface area contributed by atoms with Gasteiger partial charge in [-0.05, 0) is 6.72 Å². The average Bonchev–Trinajstić information content (AvgIpc) is 3.09. The van der Waals surface area contributed by atoms with Crippen molar-refractivity contribution in [1.82, 2.24) is 10.2 Å². The van der Waals surface area contributed by atoms with Crippen LogP contribution in [-0.4, -0.2) is 65.8 Å². The number of hydrogen-bond acceptors (Lipinski definition) is 6. The Bertz CT molecular complexity index is 465. The Labute approximate surface area is 129 Å². The number of ether oxygens (including phenoxy) is 1. The molecule has 3 atom stereocenters. The summed E-state index contributed by atoms with van der Waals surface area (Å²) in [4.78, 5) is 20.4. The number of urea groups is 1. The van der Waals surface area contributed by atoms with Crippen LogP contribution in [0.25, 0.3) is 0 Å². The molecule has 0 saturated carbocycles. The quantitative estimate of drug-likeness (QED) is 0.405. The van der Waals surface area contributed by atoms with Crippen LogP contribution in [0.5, 0.6) is 0 Å². The molecular formula is C13H23N5O4. The molecule has 2 heterocycles. The van der Waals surface area contributed by atoms with E-state index in [1.165, 1.54) is 11.2 Å². The summed E-state index contributed by atoms with van der Waals surface area (Å²) in [6, 6.07) is -0.438. The van der Waals surface area contributed by atoms with E-state index in [0.717, 1.165) is 0 Å². The van der Waals surface area contributed by atoms with Gasteiger partial charge in [-0.1, -0.05) is 13.8 Å². The molecular weight excluding hydrogens is 290 g/mol. The zero-order valence-corrected chi connectivity index (χ0v) is 12.8. The van der Waals surface area contributed by atoms with Crippen LogP contribution >= 0.6 is 0 Å². The van der Waals surface area contributed by atoms with Crippen molar-refractivity contribution in [2.45, 2.75) is 38.7 Å². The zero-order valence-electron chi connectivity index (χ0n) is 12.8. The first-order valence-corrected chi connectivity index (χ1v) is 7.05. The van der Waals surface area contributed by atoms with E-state index in [9.17, 15) is 9.90 Å². The van der Waals surface area contributed by atoms with Gasteiger partial charge < -0.3 is 26.0 Å². The minimum absolute atomic E-state index is 0.111. The number of aliphatic hydroxyl groups is 2. The minimum Gasteiger partial charge on any atom is -0.394 e. The van der Waals surface area contributed by atoms with Crippen LogP contribution in [-0.2, 0) is 4.74 Å². The van der Waals surface area contributed by atoms with Crippen molar-refractivity contribution < 1.29 is 19.7 Å². The predicted molar refractivity (Wildman–Crippen MR) is 82.2 cm³/mol. The van der Waals surface area contributed by atoms with Crippen molar-refractivity contribution in [2.24, 2.45) is 15.7 Å². The molecule has 124 valence electrons. The Balaban J connectivity index is 0.00000116. The SMILES string of the molecule is C=N/C=N\C(N)=C1/CN(C2OC(CO)C[C@H]2O)C(=O)N1.CC. The summed E-state index contributed by atoms with van der Waals surface area (Å²) in [5.74, 6) is 0.111. The number of rotatable bonds is 4. The smallest absolute Gasteiger partial charge is 0.324 e. The van der Waals surface area contributed by atoms with Crippen molar-refractivity contribution >= 4 is 19.1 Å². The number of nitrogens with one attached hydrogen (secondary N) is 1. The molecule has 2 amide bonds. The van der Waals surface area contributed by atoms with Crippen LogP contribution in [0.1, 0.15) is 20.3 Å². The monoisotopic (exact) mass is 313 g/mol. The molecule has 5 N–H and O–H groups in total. The average molecular weight is 313 g/mol. The molecule has 0 aromatic rings. The Morgan fingerprint density at radius 1 is 1.64 bits per heavy atom. The highest BCUT2D eigenvalue weighted by Gasteiger charge is 2.42. The van der Waals surface area contributed by atoms with Gasteiger partial charge >= 0.3 is 6.03 Å². The van der Waals surface area contributed by atoms with Crippen molar-refractivity contribution in [2.75, 3.05) is 13.2 Å². The fourth-order valence-corrected chi connectivity index (χ4v) is 2.14. The first-order valence-electron chi connectivity index (χ1n) is 7.05. The molecule has 2 saturated heterocycles. The summed E-state index contributed by atoms with van der Waals surface area (Å²) in [6.07, 6.45) is -0.690. The molecule has 9 nitrogen and oxygen atoms in total. The molecule has 0 aliphatic carbocycles. The first-order chi connectivity index (χ1) is 10.6. The molecule has 2 fully saturated rings. The highest BCUT2D eigenvalue weighted by atomic mass is 16.5. The van der Waals surface area contributed by atoms with Gasteiger partial charge in [-0.25, -0.2) is 9.79 Å². The van der Waals surface area contributed by atoms with Gasteiger partial charge in [0.2, 0.25) is 0 Å². The van der Waals surface area contributed by atoms with E-state index in [1.54, 1.807) is 0 Å². The van der Waals surface area contributed by atoms with Crippen molar-refractivity contribution in [3.63, 3.8) is 0 Å². The standard InChI is InChI=1S/C11H17N5O4.C2H6/c1-13-5-14-9(12)7-3-16(11(19)15-7)10-8(18)2-6(4-17)20-10;1-2/h5-6,8,10,17-18H,1-4,12H2,(H,15,19);1-2H3/b9-7+,14-5-;/t6?,8-,10?;/m1./s1. The minimum atomic E-state index is -0.850. The molecule has 0 radical (unpaired) electrons. The second-order valence-electron chi connectivity index (χ2n) is 4.48. The second kappa shape index (κ2) is 8.47. The van der Waals surface area contributed by atoms with Gasteiger partial charge in [-0.15, -0.1) is 0 Å². The van der Waals surface area contributed by atoms with Crippen molar-refractivity contribution in [3.8, 4) is 0 Å².